The summed E-state index contributed by atoms with van der Waals surface area (Å²) < 4.78 is 13.4. The first-order valence-electron chi connectivity index (χ1n) is 11.2. The minimum absolute atomic E-state index is 0.0327. The van der Waals surface area contributed by atoms with Gasteiger partial charge in [0, 0.05) is 36.9 Å². The maximum Gasteiger partial charge on any atom is 0.270 e. The molecule has 1 aliphatic rings. The number of carbonyl (C=O) groups is 4. The van der Waals surface area contributed by atoms with Crippen LogP contribution in [0.15, 0.2) is 72.8 Å². The van der Waals surface area contributed by atoms with Crippen LogP contribution in [-0.2, 0) is 20.9 Å². The minimum Gasteiger partial charge on any atom is -0.326 e. The molecule has 0 radical (unpaired) electrons. The molecule has 1 fully saturated rings. The highest BCUT2D eigenvalue weighted by atomic mass is 19.1. The van der Waals surface area contributed by atoms with Gasteiger partial charge < -0.3 is 10.2 Å². The van der Waals surface area contributed by atoms with Crippen LogP contribution in [0.25, 0.3) is 0 Å². The van der Waals surface area contributed by atoms with Gasteiger partial charge in [0.1, 0.15) is 11.9 Å². The van der Waals surface area contributed by atoms with Gasteiger partial charge in [0.25, 0.3) is 17.5 Å². The van der Waals surface area contributed by atoms with E-state index in [2.05, 4.69) is 5.32 Å². The Morgan fingerprint density at radius 3 is 2.38 bits per heavy atom. The fourth-order valence-electron chi connectivity index (χ4n) is 4.06. The zero-order chi connectivity index (χ0) is 26.7. The molecule has 1 aliphatic heterocycles. The number of imide groups is 1. The Bertz CT molecular complexity index is 1390. The fourth-order valence-corrected chi connectivity index (χ4v) is 4.06. The third kappa shape index (κ3) is 5.50. The number of nitrogens with zero attached hydrogens (tertiary/aromatic N) is 3. The van der Waals surface area contributed by atoms with E-state index < -0.39 is 34.5 Å². The van der Waals surface area contributed by atoms with Gasteiger partial charge >= 0.3 is 0 Å². The molecule has 10 nitrogen and oxygen atoms in total. The molecule has 1 saturated heterocycles. The van der Waals surface area contributed by atoms with Crippen LogP contribution in [0.2, 0.25) is 0 Å². The van der Waals surface area contributed by atoms with Crippen molar-refractivity contribution >= 4 is 40.7 Å². The molecule has 4 amide bonds. The quantitative estimate of drug-likeness (QED) is 0.297. The van der Waals surface area contributed by atoms with Gasteiger partial charge in [-0.05, 0) is 48.0 Å². The molecule has 1 unspecified atom stereocenters. The molecule has 0 aromatic heterocycles. The SMILES string of the molecule is CC(=O)Nc1ccc(N2C(=O)CC(N(Cc3ccc(F)cc3)C(=O)c3cccc([N+](=O)[O-])c3)C2=O)cc1. The second-order valence-corrected chi connectivity index (χ2v) is 8.38. The second kappa shape index (κ2) is 10.4. The van der Waals surface area contributed by atoms with Crippen LogP contribution >= 0.6 is 0 Å². The molecule has 188 valence electrons. The van der Waals surface area contributed by atoms with Crippen LogP contribution < -0.4 is 10.2 Å². The van der Waals surface area contributed by atoms with E-state index >= 15 is 0 Å². The lowest BCUT2D eigenvalue weighted by Gasteiger charge is -2.28. The number of benzene rings is 3. The summed E-state index contributed by atoms with van der Waals surface area (Å²) in [6, 6.07) is 15.2. The summed E-state index contributed by atoms with van der Waals surface area (Å²) in [5, 5.41) is 13.8. The second-order valence-electron chi connectivity index (χ2n) is 8.38. The Kier molecular flexibility index (Phi) is 7.05. The first-order valence-corrected chi connectivity index (χ1v) is 11.2. The number of nitro benzene ring substituents is 1. The highest BCUT2D eigenvalue weighted by Gasteiger charge is 2.44. The van der Waals surface area contributed by atoms with E-state index in [4.69, 9.17) is 0 Å². The molecule has 1 N–H and O–H groups in total. The summed E-state index contributed by atoms with van der Waals surface area (Å²) in [4.78, 5) is 63.9. The summed E-state index contributed by atoms with van der Waals surface area (Å²) in [7, 11) is 0. The molecule has 1 atom stereocenters. The predicted octanol–water partition coefficient (Wildman–Crippen LogP) is 3.67. The topological polar surface area (TPSA) is 130 Å². The summed E-state index contributed by atoms with van der Waals surface area (Å²) in [6.45, 7) is 1.21. The lowest BCUT2D eigenvalue weighted by molar-refractivity contribution is -0.384. The Morgan fingerprint density at radius 2 is 1.76 bits per heavy atom. The highest BCUT2D eigenvalue weighted by Crippen LogP contribution is 2.29. The molecule has 1 heterocycles. The van der Waals surface area contributed by atoms with Crippen LogP contribution in [0.3, 0.4) is 0 Å². The zero-order valence-corrected chi connectivity index (χ0v) is 19.6. The molecule has 0 saturated carbocycles. The number of non-ortho nitro benzene ring substituents is 1. The van der Waals surface area contributed by atoms with Gasteiger partial charge in [-0.3, -0.25) is 29.3 Å². The van der Waals surface area contributed by atoms with E-state index in [-0.39, 0.29) is 35.8 Å². The average Bonchev–Trinajstić information content (AvgIpc) is 3.17. The molecule has 11 heteroatoms. The number of hydrogen-bond donors (Lipinski definition) is 1. The van der Waals surface area contributed by atoms with E-state index in [0.717, 1.165) is 15.9 Å². The van der Waals surface area contributed by atoms with Crippen molar-refractivity contribution < 1.29 is 28.5 Å². The number of nitro groups is 1. The van der Waals surface area contributed by atoms with E-state index in [1.54, 1.807) is 0 Å². The van der Waals surface area contributed by atoms with E-state index in [9.17, 15) is 33.7 Å². The molecule has 4 rings (SSSR count). The summed E-state index contributed by atoms with van der Waals surface area (Å²) in [5.74, 6) is -2.66. The number of amides is 4. The average molecular weight is 504 g/mol. The first-order chi connectivity index (χ1) is 17.6. The van der Waals surface area contributed by atoms with Crippen LogP contribution in [0.4, 0.5) is 21.5 Å². The molecule has 3 aromatic rings. The number of hydrogen-bond acceptors (Lipinski definition) is 6. The molecule has 3 aromatic carbocycles. The first kappa shape index (κ1) is 25.2. The van der Waals surface area contributed by atoms with Crippen LogP contribution in [-0.4, -0.2) is 39.5 Å². The summed E-state index contributed by atoms with van der Waals surface area (Å²) in [6.07, 6.45) is -0.311. The normalized spacial score (nSPS) is 15.0. The number of nitrogens with one attached hydrogen (secondary N) is 1. The van der Waals surface area contributed by atoms with Crippen molar-refractivity contribution in [2.45, 2.75) is 25.9 Å². The van der Waals surface area contributed by atoms with Crippen LogP contribution in [0, 0.1) is 15.9 Å². The molecule has 0 spiro atoms. The van der Waals surface area contributed by atoms with Crippen molar-refractivity contribution in [1.82, 2.24) is 4.90 Å². The van der Waals surface area contributed by atoms with Gasteiger partial charge in [0.05, 0.1) is 17.0 Å². The minimum atomic E-state index is -1.20. The Hall–Kier alpha value is -4.93. The fraction of sp³-hybridized carbons (Fsp3) is 0.154. The number of anilines is 2. The number of carbonyl (C=O) groups excluding carboxylic acids is 4. The maximum absolute atomic E-state index is 13.5. The number of rotatable bonds is 7. The third-order valence-corrected chi connectivity index (χ3v) is 5.78. The maximum atomic E-state index is 13.5. The molecular weight excluding hydrogens is 483 g/mol. The molecule has 0 aliphatic carbocycles. The van der Waals surface area contributed by atoms with E-state index in [1.165, 1.54) is 73.7 Å². The van der Waals surface area contributed by atoms with Crippen molar-refractivity contribution in [3.63, 3.8) is 0 Å². The van der Waals surface area contributed by atoms with Gasteiger partial charge in [-0.2, -0.15) is 0 Å². The largest absolute Gasteiger partial charge is 0.326 e. The lowest BCUT2D eigenvalue weighted by atomic mass is 10.1. The van der Waals surface area contributed by atoms with Gasteiger partial charge in [0.15, 0.2) is 0 Å². The summed E-state index contributed by atoms with van der Waals surface area (Å²) >= 11 is 0. The van der Waals surface area contributed by atoms with Crippen LogP contribution in [0.5, 0.6) is 0 Å². The Balaban J connectivity index is 1.67. The summed E-state index contributed by atoms with van der Waals surface area (Å²) in [5.41, 5.74) is 0.900. The third-order valence-electron chi connectivity index (χ3n) is 5.78. The zero-order valence-electron chi connectivity index (χ0n) is 19.6. The van der Waals surface area contributed by atoms with Gasteiger partial charge in [0.2, 0.25) is 11.8 Å². The number of halogens is 1. The predicted molar refractivity (Wildman–Crippen MR) is 131 cm³/mol. The van der Waals surface area contributed by atoms with Crippen molar-refractivity contribution in [1.29, 1.82) is 0 Å². The smallest absolute Gasteiger partial charge is 0.270 e. The molecular formula is C26H21FN4O6. The van der Waals surface area contributed by atoms with Crippen molar-refractivity contribution in [2.75, 3.05) is 10.2 Å². The molecule has 0 bridgehead atoms. The molecule has 37 heavy (non-hydrogen) atoms. The van der Waals surface area contributed by atoms with Crippen molar-refractivity contribution in [2.24, 2.45) is 0 Å². The van der Waals surface area contributed by atoms with Gasteiger partial charge in [-0.1, -0.05) is 18.2 Å². The van der Waals surface area contributed by atoms with E-state index in [0.29, 0.717) is 11.3 Å². The highest BCUT2D eigenvalue weighted by molar-refractivity contribution is 6.23. The van der Waals surface area contributed by atoms with Crippen LogP contribution in [0.1, 0.15) is 29.3 Å². The standard InChI is InChI=1S/C26H21FN4O6/c1-16(32)28-20-9-11-21(12-10-20)30-24(33)14-23(26(30)35)29(15-17-5-7-19(27)8-6-17)25(34)18-3-2-4-22(13-18)31(36)37/h2-13,23H,14-15H2,1H3,(H,28,32). The van der Waals surface area contributed by atoms with Crippen molar-refractivity contribution in [3.8, 4) is 0 Å². The van der Waals surface area contributed by atoms with Gasteiger partial charge in [-0.15, -0.1) is 0 Å². The van der Waals surface area contributed by atoms with Gasteiger partial charge in [-0.25, -0.2) is 9.29 Å². The lowest BCUT2D eigenvalue weighted by Crippen LogP contribution is -2.45. The Morgan fingerprint density at radius 1 is 1.08 bits per heavy atom. The van der Waals surface area contributed by atoms with Crippen molar-refractivity contribution in [3.05, 3.63) is 99.9 Å². The monoisotopic (exact) mass is 504 g/mol. The Labute approximate surface area is 210 Å². The van der Waals surface area contributed by atoms with E-state index in [1.807, 2.05) is 0 Å².